The van der Waals surface area contributed by atoms with Crippen molar-refractivity contribution in [1.29, 1.82) is 0 Å². The van der Waals surface area contributed by atoms with Crippen molar-refractivity contribution < 1.29 is 24.2 Å². The standard InChI is InChI=1S/C25H16ClN3O5S/c26-15-2-3-16-19(12-15)35-25(28-16)29-21(13-5-7-27-8-6-13)20(23(31)24(29)32)22(30)14-1-4-17-18(11-14)34-10-9-33-17/h1-8,11-12,21,30H,9-10H2. The predicted molar refractivity (Wildman–Crippen MR) is 131 cm³/mol. The van der Waals surface area contributed by atoms with E-state index in [-0.39, 0.29) is 11.3 Å². The van der Waals surface area contributed by atoms with Crippen LogP contribution in [0.1, 0.15) is 17.2 Å². The first-order valence-electron chi connectivity index (χ1n) is 10.7. The van der Waals surface area contributed by atoms with Gasteiger partial charge in [0.15, 0.2) is 16.6 Å². The summed E-state index contributed by atoms with van der Waals surface area (Å²) >= 11 is 7.37. The Bertz CT molecular complexity index is 1530. The molecule has 1 N–H and O–H groups in total. The van der Waals surface area contributed by atoms with Gasteiger partial charge in [-0.05, 0) is 54.1 Å². The minimum atomic E-state index is -0.901. The van der Waals surface area contributed by atoms with Crippen LogP contribution in [0.2, 0.25) is 5.02 Å². The van der Waals surface area contributed by atoms with Gasteiger partial charge >= 0.3 is 5.91 Å². The molecule has 6 rings (SSSR count). The van der Waals surface area contributed by atoms with Crippen LogP contribution in [-0.4, -0.2) is 40.0 Å². The number of aliphatic hydroxyl groups excluding tert-OH is 1. The molecule has 35 heavy (non-hydrogen) atoms. The van der Waals surface area contributed by atoms with E-state index >= 15 is 0 Å². The number of aromatic nitrogens is 2. The average molecular weight is 506 g/mol. The highest BCUT2D eigenvalue weighted by atomic mass is 35.5. The molecular weight excluding hydrogens is 490 g/mol. The Morgan fingerprint density at radius 3 is 2.60 bits per heavy atom. The quantitative estimate of drug-likeness (QED) is 0.244. The highest BCUT2D eigenvalue weighted by molar-refractivity contribution is 7.22. The van der Waals surface area contributed by atoms with Gasteiger partial charge in [0.25, 0.3) is 5.78 Å². The summed E-state index contributed by atoms with van der Waals surface area (Å²) in [5.41, 5.74) is 1.55. The molecule has 4 aromatic rings. The van der Waals surface area contributed by atoms with E-state index in [0.717, 1.165) is 4.70 Å². The van der Waals surface area contributed by atoms with Crippen molar-refractivity contribution in [3.05, 3.63) is 82.6 Å². The van der Waals surface area contributed by atoms with E-state index in [4.69, 9.17) is 21.1 Å². The highest BCUT2D eigenvalue weighted by Gasteiger charge is 2.48. The topological polar surface area (TPSA) is 102 Å². The number of hydrogen-bond acceptors (Lipinski definition) is 8. The molecule has 1 fully saturated rings. The molecule has 0 radical (unpaired) electrons. The minimum Gasteiger partial charge on any atom is -0.507 e. The number of nitrogens with zero attached hydrogens (tertiary/aromatic N) is 3. The number of amides is 1. The van der Waals surface area contributed by atoms with Crippen LogP contribution in [-0.2, 0) is 9.59 Å². The maximum absolute atomic E-state index is 13.3. The molecule has 0 aliphatic carbocycles. The Hall–Kier alpha value is -3.95. The van der Waals surface area contributed by atoms with E-state index in [1.807, 2.05) is 0 Å². The van der Waals surface area contributed by atoms with Gasteiger partial charge in [0.2, 0.25) is 0 Å². The van der Waals surface area contributed by atoms with Crippen molar-refractivity contribution >= 4 is 55.7 Å². The molecule has 0 spiro atoms. The third-order valence-corrected chi connectivity index (χ3v) is 7.08. The van der Waals surface area contributed by atoms with Crippen LogP contribution in [0.5, 0.6) is 11.5 Å². The number of ketones is 1. The van der Waals surface area contributed by atoms with Gasteiger partial charge in [-0.15, -0.1) is 0 Å². The second-order valence-corrected chi connectivity index (χ2v) is 9.36. The lowest BCUT2D eigenvalue weighted by Gasteiger charge is -2.23. The summed E-state index contributed by atoms with van der Waals surface area (Å²) in [7, 11) is 0. The number of Topliss-reactive ketones (excluding diaryl/α,β-unsaturated/α-hetero) is 1. The van der Waals surface area contributed by atoms with Crippen LogP contribution in [0.3, 0.4) is 0 Å². The zero-order valence-corrected chi connectivity index (χ0v) is 19.5. The Morgan fingerprint density at radius 2 is 1.80 bits per heavy atom. The lowest BCUT2D eigenvalue weighted by Crippen LogP contribution is -2.29. The average Bonchev–Trinajstić information content (AvgIpc) is 3.41. The normalized spacial score (nSPS) is 18.9. The van der Waals surface area contributed by atoms with E-state index in [1.54, 1.807) is 60.9 Å². The number of pyridine rings is 1. The first-order valence-corrected chi connectivity index (χ1v) is 11.9. The van der Waals surface area contributed by atoms with Crippen molar-refractivity contribution in [2.24, 2.45) is 0 Å². The third-order valence-electron chi connectivity index (χ3n) is 5.83. The van der Waals surface area contributed by atoms with Crippen molar-refractivity contribution in [1.82, 2.24) is 9.97 Å². The molecule has 0 saturated carbocycles. The van der Waals surface area contributed by atoms with Gasteiger partial charge in [0.1, 0.15) is 19.0 Å². The summed E-state index contributed by atoms with van der Waals surface area (Å²) in [6, 6.07) is 12.6. The summed E-state index contributed by atoms with van der Waals surface area (Å²) in [6.07, 6.45) is 3.13. The highest BCUT2D eigenvalue weighted by Crippen LogP contribution is 2.45. The Labute approximate surface area is 208 Å². The zero-order valence-electron chi connectivity index (χ0n) is 18.0. The SMILES string of the molecule is O=C1C(=O)N(c2nc3ccc(Cl)cc3s2)C(c2ccncc2)C1=C(O)c1ccc2c(c1)OCCO2. The molecule has 4 heterocycles. The van der Waals surface area contributed by atoms with Gasteiger partial charge in [-0.25, -0.2) is 4.98 Å². The predicted octanol–water partition coefficient (Wildman–Crippen LogP) is 4.74. The van der Waals surface area contributed by atoms with Gasteiger partial charge in [-0.2, -0.15) is 0 Å². The first kappa shape index (κ1) is 21.6. The van der Waals surface area contributed by atoms with E-state index < -0.39 is 17.7 Å². The van der Waals surface area contributed by atoms with Crippen molar-refractivity contribution in [2.75, 3.05) is 18.1 Å². The first-order chi connectivity index (χ1) is 17.0. The van der Waals surface area contributed by atoms with Gasteiger partial charge in [0, 0.05) is 23.0 Å². The van der Waals surface area contributed by atoms with Crippen molar-refractivity contribution in [3.8, 4) is 11.5 Å². The molecule has 2 aliphatic rings. The fraction of sp³-hybridized carbons (Fsp3) is 0.120. The summed E-state index contributed by atoms with van der Waals surface area (Å²) < 4.78 is 11.9. The van der Waals surface area contributed by atoms with Gasteiger partial charge < -0.3 is 14.6 Å². The lowest BCUT2D eigenvalue weighted by molar-refractivity contribution is -0.132. The molecule has 2 aliphatic heterocycles. The second-order valence-electron chi connectivity index (χ2n) is 7.92. The molecule has 1 atom stereocenters. The summed E-state index contributed by atoms with van der Waals surface area (Å²) in [6.45, 7) is 0.805. The number of aliphatic hydroxyl groups is 1. The Morgan fingerprint density at radius 1 is 1.03 bits per heavy atom. The van der Waals surface area contributed by atoms with E-state index in [9.17, 15) is 14.7 Å². The third kappa shape index (κ3) is 3.60. The molecule has 10 heteroatoms. The number of rotatable bonds is 3. The maximum Gasteiger partial charge on any atom is 0.301 e. The number of ether oxygens (including phenoxy) is 2. The fourth-order valence-electron chi connectivity index (χ4n) is 4.23. The number of benzene rings is 2. The van der Waals surface area contributed by atoms with Gasteiger partial charge in [-0.3, -0.25) is 19.5 Å². The van der Waals surface area contributed by atoms with E-state index in [0.29, 0.717) is 51.5 Å². The zero-order chi connectivity index (χ0) is 24.1. The molecule has 8 nitrogen and oxygen atoms in total. The summed E-state index contributed by atoms with van der Waals surface area (Å²) in [4.78, 5) is 36.6. The van der Waals surface area contributed by atoms with Crippen LogP contribution in [0.15, 0.2) is 66.5 Å². The number of thiazole rings is 1. The molecular formula is C25H16ClN3O5S. The molecule has 2 aromatic carbocycles. The minimum absolute atomic E-state index is 0.0461. The monoisotopic (exact) mass is 505 g/mol. The van der Waals surface area contributed by atoms with E-state index in [2.05, 4.69) is 9.97 Å². The van der Waals surface area contributed by atoms with Crippen LogP contribution >= 0.6 is 22.9 Å². The van der Waals surface area contributed by atoms with Gasteiger partial charge in [0.05, 0.1) is 21.8 Å². The Kier molecular flexibility index (Phi) is 5.16. The lowest BCUT2D eigenvalue weighted by atomic mass is 9.96. The number of carbonyl (C=O) groups is 2. The fourth-order valence-corrected chi connectivity index (χ4v) is 5.49. The molecule has 0 bridgehead atoms. The van der Waals surface area contributed by atoms with Crippen LogP contribution in [0.25, 0.3) is 16.0 Å². The smallest absolute Gasteiger partial charge is 0.301 e. The Balaban J connectivity index is 1.53. The van der Waals surface area contributed by atoms with Crippen LogP contribution in [0, 0.1) is 0 Å². The van der Waals surface area contributed by atoms with Crippen LogP contribution < -0.4 is 14.4 Å². The number of fused-ring (bicyclic) bond motifs is 2. The summed E-state index contributed by atoms with van der Waals surface area (Å²) in [5.74, 6) is -0.897. The molecule has 174 valence electrons. The molecule has 1 saturated heterocycles. The molecule has 1 unspecified atom stereocenters. The summed E-state index contributed by atoms with van der Waals surface area (Å²) in [5, 5.41) is 12.2. The van der Waals surface area contributed by atoms with Crippen molar-refractivity contribution in [3.63, 3.8) is 0 Å². The van der Waals surface area contributed by atoms with Crippen LogP contribution in [0.4, 0.5) is 5.13 Å². The number of hydrogen-bond donors (Lipinski definition) is 1. The molecule has 1 amide bonds. The molecule has 2 aromatic heterocycles. The number of halogens is 1. The number of anilines is 1. The largest absolute Gasteiger partial charge is 0.507 e. The maximum atomic E-state index is 13.3. The second kappa shape index (κ2) is 8.37. The van der Waals surface area contributed by atoms with Crippen molar-refractivity contribution in [2.45, 2.75) is 6.04 Å². The van der Waals surface area contributed by atoms with E-state index in [1.165, 1.54) is 16.2 Å². The van der Waals surface area contributed by atoms with Gasteiger partial charge in [-0.1, -0.05) is 22.9 Å². The number of carbonyl (C=O) groups excluding carboxylic acids is 2.